The number of nitrogens with zero attached hydrogens (tertiary/aromatic N) is 1. The molecule has 0 aliphatic heterocycles. The Bertz CT molecular complexity index is 295. The summed E-state index contributed by atoms with van der Waals surface area (Å²) in [6.45, 7) is 2.92. The molecule has 13 heavy (non-hydrogen) atoms. The average molecular weight is 178 g/mol. The first kappa shape index (κ1) is 9.51. The third-order valence-electron chi connectivity index (χ3n) is 1.64. The van der Waals surface area contributed by atoms with Crippen molar-refractivity contribution in [3.05, 3.63) is 23.9 Å². The first-order chi connectivity index (χ1) is 6.25. The summed E-state index contributed by atoms with van der Waals surface area (Å²) >= 11 is 0. The van der Waals surface area contributed by atoms with Crippen LogP contribution < -0.4 is 11.1 Å². The van der Waals surface area contributed by atoms with Gasteiger partial charge in [0.1, 0.15) is 11.7 Å². The summed E-state index contributed by atoms with van der Waals surface area (Å²) in [5.41, 5.74) is 6.05. The van der Waals surface area contributed by atoms with E-state index < -0.39 is 0 Å². The smallest absolute Gasteiger partial charge is 0.136 e. The Morgan fingerprint density at radius 3 is 3.08 bits per heavy atom. The van der Waals surface area contributed by atoms with Crippen LogP contribution in [0.3, 0.4) is 0 Å². The molecular formula is C9H14N4. The third kappa shape index (κ3) is 2.43. The lowest BCUT2D eigenvalue weighted by atomic mass is 10.2. The molecule has 0 aliphatic rings. The number of hydrogen-bond donors (Lipinski definition) is 3. The molecule has 4 heteroatoms. The highest BCUT2D eigenvalue weighted by molar-refractivity contribution is 5.99. The van der Waals surface area contributed by atoms with Crippen LogP contribution in [0.25, 0.3) is 0 Å². The second kappa shape index (κ2) is 4.45. The number of aromatic nitrogens is 1. The first-order valence-corrected chi connectivity index (χ1v) is 4.29. The van der Waals surface area contributed by atoms with Gasteiger partial charge in [-0.15, -0.1) is 0 Å². The highest BCUT2D eigenvalue weighted by Gasteiger charge is 2.03. The lowest BCUT2D eigenvalue weighted by Crippen LogP contribution is -2.15. The molecule has 70 valence electrons. The monoisotopic (exact) mass is 178 g/mol. The molecule has 1 aromatic heterocycles. The zero-order chi connectivity index (χ0) is 9.68. The molecule has 0 aliphatic carbocycles. The highest BCUT2D eigenvalue weighted by Crippen LogP contribution is 2.09. The van der Waals surface area contributed by atoms with E-state index in [2.05, 4.69) is 17.2 Å². The summed E-state index contributed by atoms with van der Waals surface area (Å²) in [5.74, 6) is 0.739. The number of nitrogens with one attached hydrogen (secondary N) is 2. The molecule has 0 amide bonds. The van der Waals surface area contributed by atoms with Crippen LogP contribution in [0.5, 0.6) is 0 Å². The molecule has 0 saturated heterocycles. The summed E-state index contributed by atoms with van der Waals surface area (Å²) in [6.07, 6.45) is 2.71. The minimum atomic E-state index is 0.0479. The standard InChI is InChI=1S/C9H14N4/c1-2-5-12-9-7(8(10)11)4-3-6-13-9/h3-4,6H,2,5H2,1H3,(H3,10,11)(H,12,13). The summed E-state index contributed by atoms with van der Waals surface area (Å²) in [7, 11) is 0. The number of amidine groups is 1. The SMILES string of the molecule is CCCNc1ncccc1C(=N)N. The molecule has 0 aromatic carbocycles. The molecule has 0 unspecified atom stereocenters. The van der Waals surface area contributed by atoms with E-state index in [1.807, 2.05) is 0 Å². The predicted octanol–water partition coefficient (Wildman–Crippen LogP) is 1.19. The van der Waals surface area contributed by atoms with Crippen molar-refractivity contribution >= 4 is 11.7 Å². The van der Waals surface area contributed by atoms with E-state index in [1.165, 1.54) is 0 Å². The van der Waals surface area contributed by atoms with Gasteiger partial charge in [-0.05, 0) is 18.6 Å². The van der Waals surface area contributed by atoms with Gasteiger partial charge < -0.3 is 11.1 Å². The van der Waals surface area contributed by atoms with Crippen molar-refractivity contribution in [2.75, 3.05) is 11.9 Å². The van der Waals surface area contributed by atoms with Crippen molar-refractivity contribution in [1.82, 2.24) is 4.98 Å². The minimum absolute atomic E-state index is 0.0479. The minimum Gasteiger partial charge on any atom is -0.384 e. The third-order valence-corrected chi connectivity index (χ3v) is 1.64. The van der Waals surface area contributed by atoms with E-state index >= 15 is 0 Å². The Morgan fingerprint density at radius 1 is 1.69 bits per heavy atom. The Balaban J connectivity index is 2.84. The molecule has 0 bridgehead atoms. The maximum absolute atomic E-state index is 7.31. The van der Waals surface area contributed by atoms with Gasteiger partial charge in [0, 0.05) is 12.7 Å². The van der Waals surface area contributed by atoms with Crippen LogP contribution in [-0.4, -0.2) is 17.4 Å². The Morgan fingerprint density at radius 2 is 2.46 bits per heavy atom. The van der Waals surface area contributed by atoms with Gasteiger partial charge in [-0.25, -0.2) is 4.98 Å². The van der Waals surface area contributed by atoms with Crippen LogP contribution in [0.15, 0.2) is 18.3 Å². The number of hydrogen-bond acceptors (Lipinski definition) is 3. The zero-order valence-corrected chi connectivity index (χ0v) is 7.67. The summed E-state index contributed by atoms with van der Waals surface area (Å²) in [6, 6.07) is 3.56. The second-order valence-corrected chi connectivity index (χ2v) is 2.74. The molecule has 0 saturated carbocycles. The largest absolute Gasteiger partial charge is 0.384 e. The first-order valence-electron chi connectivity index (χ1n) is 4.29. The van der Waals surface area contributed by atoms with Crippen LogP contribution in [0.1, 0.15) is 18.9 Å². The summed E-state index contributed by atoms with van der Waals surface area (Å²) in [5, 5.41) is 10.4. The van der Waals surface area contributed by atoms with E-state index in [0.717, 1.165) is 13.0 Å². The van der Waals surface area contributed by atoms with Crippen LogP contribution in [0.2, 0.25) is 0 Å². The van der Waals surface area contributed by atoms with E-state index in [1.54, 1.807) is 18.3 Å². The molecule has 1 aromatic rings. The quantitative estimate of drug-likeness (QED) is 0.479. The fourth-order valence-electron chi connectivity index (χ4n) is 1.01. The van der Waals surface area contributed by atoms with Crippen molar-refractivity contribution in [1.29, 1.82) is 5.41 Å². The zero-order valence-electron chi connectivity index (χ0n) is 7.67. The van der Waals surface area contributed by atoms with Gasteiger partial charge in [-0.1, -0.05) is 6.92 Å². The molecule has 4 N–H and O–H groups in total. The fourth-order valence-corrected chi connectivity index (χ4v) is 1.01. The van der Waals surface area contributed by atoms with Crippen molar-refractivity contribution in [3.63, 3.8) is 0 Å². The van der Waals surface area contributed by atoms with Crippen molar-refractivity contribution in [2.45, 2.75) is 13.3 Å². The summed E-state index contributed by atoms with van der Waals surface area (Å²) in [4.78, 5) is 4.11. The maximum atomic E-state index is 7.31. The molecule has 4 nitrogen and oxygen atoms in total. The van der Waals surface area contributed by atoms with Gasteiger partial charge in [-0.2, -0.15) is 0 Å². The number of rotatable bonds is 4. The molecule has 0 fully saturated rings. The molecular weight excluding hydrogens is 164 g/mol. The molecule has 1 rings (SSSR count). The van der Waals surface area contributed by atoms with Crippen LogP contribution in [-0.2, 0) is 0 Å². The predicted molar refractivity (Wildman–Crippen MR) is 54.0 cm³/mol. The lowest BCUT2D eigenvalue weighted by Gasteiger charge is -2.07. The van der Waals surface area contributed by atoms with E-state index in [9.17, 15) is 0 Å². The van der Waals surface area contributed by atoms with Gasteiger partial charge in [0.2, 0.25) is 0 Å². The average Bonchev–Trinajstić information content (AvgIpc) is 2.15. The van der Waals surface area contributed by atoms with Crippen molar-refractivity contribution < 1.29 is 0 Å². The normalized spacial score (nSPS) is 9.62. The van der Waals surface area contributed by atoms with Crippen LogP contribution in [0, 0.1) is 5.41 Å². The van der Waals surface area contributed by atoms with E-state index in [-0.39, 0.29) is 5.84 Å². The highest BCUT2D eigenvalue weighted by atomic mass is 15.0. The van der Waals surface area contributed by atoms with Gasteiger partial charge in [0.25, 0.3) is 0 Å². The topological polar surface area (TPSA) is 74.8 Å². The second-order valence-electron chi connectivity index (χ2n) is 2.74. The summed E-state index contributed by atoms with van der Waals surface area (Å²) < 4.78 is 0. The van der Waals surface area contributed by atoms with Crippen LogP contribution in [0.4, 0.5) is 5.82 Å². The van der Waals surface area contributed by atoms with Gasteiger partial charge in [-0.3, -0.25) is 5.41 Å². The number of pyridine rings is 1. The van der Waals surface area contributed by atoms with Crippen molar-refractivity contribution in [3.8, 4) is 0 Å². The number of anilines is 1. The van der Waals surface area contributed by atoms with E-state index in [4.69, 9.17) is 11.1 Å². The fraction of sp³-hybridized carbons (Fsp3) is 0.333. The molecule has 0 atom stereocenters. The van der Waals surface area contributed by atoms with E-state index in [0.29, 0.717) is 11.4 Å². The Hall–Kier alpha value is -1.58. The Labute approximate surface area is 77.7 Å². The van der Waals surface area contributed by atoms with Crippen molar-refractivity contribution in [2.24, 2.45) is 5.73 Å². The Kier molecular flexibility index (Phi) is 3.25. The van der Waals surface area contributed by atoms with Gasteiger partial charge >= 0.3 is 0 Å². The maximum Gasteiger partial charge on any atom is 0.136 e. The number of nitrogens with two attached hydrogens (primary N) is 1. The van der Waals surface area contributed by atoms with Gasteiger partial charge in [0.05, 0.1) is 5.56 Å². The lowest BCUT2D eigenvalue weighted by molar-refractivity contribution is 0.968. The van der Waals surface area contributed by atoms with Crippen LogP contribution >= 0.6 is 0 Å². The molecule has 1 heterocycles. The molecule has 0 radical (unpaired) electrons. The van der Waals surface area contributed by atoms with Gasteiger partial charge in [0.15, 0.2) is 0 Å². The molecule has 0 spiro atoms. The number of nitrogen functional groups attached to an aromatic ring is 1.